The minimum atomic E-state index is 0.0298. The average Bonchev–Trinajstić information content (AvgIpc) is 3.03. The van der Waals surface area contributed by atoms with Crippen LogP contribution in [0.4, 0.5) is 0 Å². The van der Waals surface area contributed by atoms with Gasteiger partial charge in [0.2, 0.25) is 0 Å². The zero-order valence-electron chi connectivity index (χ0n) is 10.4. The molecule has 0 heterocycles. The van der Waals surface area contributed by atoms with Gasteiger partial charge in [0.05, 0.1) is 12.1 Å². The monoisotopic (exact) mass is 243 g/mol. The van der Waals surface area contributed by atoms with Crippen molar-refractivity contribution in [2.24, 2.45) is 5.92 Å². The van der Waals surface area contributed by atoms with E-state index in [-0.39, 0.29) is 5.54 Å². The minimum absolute atomic E-state index is 0.0298. The summed E-state index contributed by atoms with van der Waals surface area (Å²) >= 11 is 2.10. The molecule has 3 heteroatoms. The predicted octanol–water partition coefficient (Wildman–Crippen LogP) is 2.41. The third-order valence-electron chi connectivity index (χ3n) is 4.05. The fourth-order valence-electron chi connectivity index (χ4n) is 2.85. The van der Waals surface area contributed by atoms with Crippen molar-refractivity contribution in [3.8, 4) is 0 Å². The van der Waals surface area contributed by atoms with Crippen molar-refractivity contribution in [1.29, 1.82) is 0 Å². The van der Waals surface area contributed by atoms with Gasteiger partial charge in [0.1, 0.15) is 0 Å². The summed E-state index contributed by atoms with van der Waals surface area (Å²) in [4.78, 5) is 0. The molecule has 2 N–H and O–H groups in total. The number of hydrogen-bond acceptors (Lipinski definition) is 3. The van der Waals surface area contributed by atoms with E-state index < -0.39 is 0 Å². The molecule has 0 aromatic rings. The lowest BCUT2D eigenvalue weighted by molar-refractivity contribution is 0.161. The molecule has 1 atom stereocenters. The molecule has 2 aliphatic carbocycles. The summed E-state index contributed by atoms with van der Waals surface area (Å²) in [5.74, 6) is 1.83. The van der Waals surface area contributed by atoms with Gasteiger partial charge in [0.15, 0.2) is 0 Å². The summed E-state index contributed by atoms with van der Waals surface area (Å²) in [7, 11) is 0. The van der Waals surface area contributed by atoms with Crippen LogP contribution in [0, 0.1) is 5.92 Å². The Hall–Kier alpha value is 0.270. The van der Waals surface area contributed by atoms with Gasteiger partial charge in [-0.3, -0.25) is 0 Å². The summed E-state index contributed by atoms with van der Waals surface area (Å²) in [5, 5.41) is 14.1. The summed E-state index contributed by atoms with van der Waals surface area (Å²) in [6, 6.07) is 0. The van der Waals surface area contributed by atoms with E-state index in [1.807, 2.05) is 0 Å². The Bertz CT molecular complexity index is 214. The van der Waals surface area contributed by atoms with Gasteiger partial charge in [0, 0.05) is 11.0 Å². The molecule has 16 heavy (non-hydrogen) atoms. The van der Waals surface area contributed by atoms with Crippen LogP contribution in [0.5, 0.6) is 0 Å². The molecule has 0 spiro atoms. The number of hydrogen-bond donors (Lipinski definition) is 2. The van der Waals surface area contributed by atoms with E-state index in [0.29, 0.717) is 6.61 Å². The number of rotatable bonds is 7. The molecule has 0 aromatic carbocycles. The standard InChI is InChI=1S/C13H25NOS/c1-2-14-13(9-15,11-7-8-11)10-16-12-5-3-4-6-12/h11-12,14-15H,2-10H2,1H3. The largest absolute Gasteiger partial charge is 0.394 e. The van der Waals surface area contributed by atoms with Gasteiger partial charge in [-0.2, -0.15) is 11.8 Å². The molecule has 2 fully saturated rings. The Morgan fingerprint density at radius 3 is 2.44 bits per heavy atom. The molecule has 2 aliphatic rings. The highest BCUT2D eigenvalue weighted by molar-refractivity contribution is 8.00. The second-order valence-electron chi connectivity index (χ2n) is 5.34. The van der Waals surface area contributed by atoms with Crippen molar-refractivity contribution in [2.45, 2.75) is 56.2 Å². The Morgan fingerprint density at radius 1 is 1.25 bits per heavy atom. The molecular formula is C13H25NOS. The first-order valence-electron chi connectivity index (χ1n) is 6.78. The van der Waals surface area contributed by atoms with Crippen LogP contribution in [0.25, 0.3) is 0 Å². The lowest BCUT2D eigenvalue weighted by Gasteiger charge is -2.33. The van der Waals surface area contributed by atoms with Gasteiger partial charge in [-0.1, -0.05) is 19.8 Å². The Balaban J connectivity index is 1.84. The molecule has 0 amide bonds. The van der Waals surface area contributed by atoms with Crippen molar-refractivity contribution in [3.05, 3.63) is 0 Å². The Labute approximate surface area is 104 Å². The molecule has 0 aromatic heterocycles. The van der Waals surface area contributed by atoms with Gasteiger partial charge in [-0.15, -0.1) is 0 Å². The van der Waals surface area contributed by atoms with Crippen LogP contribution in [0.3, 0.4) is 0 Å². The fraction of sp³-hybridized carbons (Fsp3) is 1.00. The maximum absolute atomic E-state index is 9.72. The van der Waals surface area contributed by atoms with Crippen molar-refractivity contribution < 1.29 is 5.11 Å². The number of likely N-dealkylation sites (N-methyl/N-ethyl adjacent to an activating group) is 1. The second kappa shape index (κ2) is 5.74. The average molecular weight is 243 g/mol. The van der Waals surface area contributed by atoms with Gasteiger partial charge in [-0.25, -0.2) is 0 Å². The van der Waals surface area contributed by atoms with Crippen molar-refractivity contribution in [3.63, 3.8) is 0 Å². The Kier molecular flexibility index (Phi) is 4.57. The van der Waals surface area contributed by atoms with Crippen molar-refractivity contribution >= 4 is 11.8 Å². The third-order valence-corrected chi connectivity index (χ3v) is 5.67. The molecule has 0 saturated heterocycles. The smallest absolute Gasteiger partial charge is 0.0624 e. The summed E-state index contributed by atoms with van der Waals surface area (Å²) in [5.41, 5.74) is 0.0298. The lowest BCUT2D eigenvalue weighted by atomic mass is 9.97. The lowest BCUT2D eigenvalue weighted by Crippen LogP contribution is -2.53. The molecule has 2 rings (SSSR count). The van der Waals surface area contributed by atoms with Gasteiger partial charge >= 0.3 is 0 Å². The number of aliphatic hydroxyl groups is 1. The van der Waals surface area contributed by atoms with Crippen LogP contribution >= 0.6 is 11.8 Å². The van der Waals surface area contributed by atoms with E-state index in [1.54, 1.807) is 0 Å². The van der Waals surface area contributed by atoms with E-state index in [4.69, 9.17) is 0 Å². The SMILES string of the molecule is CCNC(CO)(CSC1CCCC1)C1CC1. The highest BCUT2D eigenvalue weighted by Crippen LogP contribution is 2.43. The first kappa shape index (κ1) is 12.7. The highest BCUT2D eigenvalue weighted by atomic mass is 32.2. The van der Waals surface area contributed by atoms with E-state index in [9.17, 15) is 5.11 Å². The highest BCUT2D eigenvalue weighted by Gasteiger charge is 2.44. The maximum Gasteiger partial charge on any atom is 0.0624 e. The van der Waals surface area contributed by atoms with E-state index >= 15 is 0 Å². The fourth-order valence-corrected chi connectivity index (χ4v) is 4.48. The molecule has 2 saturated carbocycles. The van der Waals surface area contributed by atoms with Gasteiger partial charge in [-0.05, 0) is 38.1 Å². The van der Waals surface area contributed by atoms with Crippen molar-refractivity contribution in [1.82, 2.24) is 5.32 Å². The van der Waals surface area contributed by atoms with Crippen LogP contribution < -0.4 is 5.32 Å². The first-order chi connectivity index (χ1) is 7.80. The normalized spacial score (nSPS) is 25.9. The maximum atomic E-state index is 9.72. The van der Waals surface area contributed by atoms with Crippen LogP contribution in [-0.4, -0.2) is 34.8 Å². The molecular weight excluding hydrogens is 218 g/mol. The Morgan fingerprint density at radius 2 is 1.94 bits per heavy atom. The zero-order valence-corrected chi connectivity index (χ0v) is 11.2. The molecule has 2 nitrogen and oxygen atoms in total. The number of thioether (sulfide) groups is 1. The predicted molar refractivity (Wildman–Crippen MR) is 70.9 cm³/mol. The third kappa shape index (κ3) is 2.93. The number of nitrogens with one attached hydrogen (secondary N) is 1. The van der Waals surface area contributed by atoms with E-state index in [0.717, 1.165) is 23.5 Å². The minimum Gasteiger partial charge on any atom is -0.394 e. The summed E-state index contributed by atoms with van der Waals surface area (Å²) in [6.45, 7) is 3.43. The van der Waals surface area contributed by atoms with E-state index in [1.165, 1.54) is 38.5 Å². The van der Waals surface area contributed by atoms with Crippen LogP contribution in [0.2, 0.25) is 0 Å². The molecule has 1 unspecified atom stereocenters. The number of aliphatic hydroxyl groups excluding tert-OH is 1. The quantitative estimate of drug-likeness (QED) is 0.720. The van der Waals surface area contributed by atoms with E-state index in [2.05, 4.69) is 24.0 Å². The molecule has 0 bridgehead atoms. The topological polar surface area (TPSA) is 32.3 Å². The van der Waals surface area contributed by atoms with Gasteiger partial charge < -0.3 is 10.4 Å². The first-order valence-corrected chi connectivity index (χ1v) is 7.83. The molecule has 94 valence electrons. The second-order valence-corrected chi connectivity index (χ2v) is 6.63. The van der Waals surface area contributed by atoms with Crippen molar-refractivity contribution in [2.75, 3.05) is 18.9 Å². The zero-order chi connectivity index (χ0) is 11.4. The van der Waals surface area contributed by atoms with Crippen LogP contribution in [0.15, 0.2) is 0 Å². The van der Waals surface area contributed by atoms with Crippen LogP contribution in [-0.2, 0) is 0 Å². The summed E-state index contributed by atoms with van der Waals surface area (Å²) < 4.78 is 0. The van der Waals surface area contributed by atoms with Crippen LogP contribution in [0.1, 0.15) is 45.4 Å². The molecule has 0 aliphatic heterocycles. The summed E-state index contributed by atoms with van der Waals surface area (Å²) in [6.07, 6.45) is 8.21. The van der Waals surface area contributed by atoms with Gasteiger partial charge in [0.25, 0.3) is 0 Å². The molecule has 0 radical (unpaired) electrons.